The minimum Gasteiger partial charge on any atom is -0.335 e. The van der Waals surface area contributed by atoms with Crippen molar-refractivity contribution < 1.29 is 4.79 Å². The lowest BCUT2D eigenvalue weighted by Gasteiger charge is -2.26. The van der Waals surface area contributed by atoms with Gasteiger partial charge in [-0.15, -0.1) is 12.6 Å². The molecule has 0 saturated heterocycles. The maximum atomic E-state index is 12.3. The topological polar surface area (TPSA) is 20.3 Å². The van der Waals surface area contributed by atoms with Gasteiger partial charge in [0.15, 0.2) is 0 Å². The van der Waals surface area contributed by atoms with Gasteiger partial charge >= 0.3 is 0 Å². The third-order valence-electron chi connectivity index (χ3n) is 2.90. The third-order valence-corrected chi connectivity index (χ3v) is 3.87. The van der Waals surface area contributed by atoms with E-state index in [4.69, 9.17) is 0 Å². The van der Waals surface area contributed by atoms with Crippen LogP contribution >= 0.6 is 28.6 Å². The summed E-state index contributed by atoms with van der Waals surface area (Å²) in [5, 5.41) is 0. The maximum Gasteiger partial charge on any atom is 0.255 e. The van der Waals surface area contributed by atoms with Gasteiger partial charge in [-0.3, -0.25) is 4.79 Å². The molecular weight excluding hydrogens is 298 g/mol. The highest BCUT2D eigenvalue weighted by molar-refractivity contribution is 9.10. The summed E-state index contributed by atoms with van der Waals surface area (Å²) in [5.74, 6) is 0.0662. The summed E-state index contributed by atoms with van der Waals surface area (Å²) in [6.45, 7) is 3.60. The second-order valence-corrected chi connectivity index (χ2v) is 5.59. The molecule has 0 aromatic heterocycles. The molecule has 0 spiro atoms. The molecule has 90 valence electrons. The Morgan fingerprint density at radius 2 is 2.24 bits per heavy atom. The Morgan fingerprint density at radius 1 is 1.47 bits per heavy atom. The molecule has 1 aromatic carbocycles. The van der Waals surface area contributed by atoms with Gasteiger partial charge in [0.1, 0.15) is 0 Å². The van der Waals surface area contributed by atoms with Gasteiger partial charge in [-0.05, 0) is 47.5 Å². The molecule has 0 N–H and O–H groups in total. The molecule has 0 atom stereocenters. The molecule has 1 amide bonds. The molecule has 2 rings (SSSR count). The Balaban J connectivity index is 2.23. The summed E-state index contributed by atoms with van der Waals surface area (Å²) in [7, 11) is 0. The summed E-state index contributed by atoms with van der Waals surface area (Å²) in [4.78, 5) is 15.0. The standard InChI is InChI=1S/C13H14BrNOS/c1-9-4-6-15(7-5-9)13(16)11-8-10(17)2-3-12(11)14/h2-4,8,17H,5-7H2,1H3. The van der Waals surface area contributed by atoms with Gasteiger partial charge in [0.05, 0.1) is 5.56 Å². The predicted molar refractivity (Wildman–Crippen MR) is 75.7 cm³/mol. The predicted octanol–water partition coefficient (Wildman–Crippen LogP) is 3.53. The second kappa shape index (κ2) is 5.27. The average molecular weight is 312 g/mol. The van der Waals surface area contributed by atoms with E-state index in [0.29, 0.717) is 12.1 Å². The first kappa shape index (κ1) is 12.7. The van der Waals surface area contributed by atoms with Crippen molar-refractivity contribution in [2.45, 2.75) is 18.2 Å². The molecule has 0 saturated carbocycles. The van der Waals surface area contributed by atoms with E-state index >= 15 is 0 Å². The molecular formula is C13H14BrNOS. The van der Waals surface area contributed by atoms with E-state index in [1.165, 1.54) is 5.57 Å². The number of amides is 1. The molecule has 1 heterocycles. The van der Waals surface area contributed by atoms with Crippen LogP contribution in [0.1, 0.15) is 23.7 Å². The van der Waals surface area contributed by atoms with Crippen molar-refractivity contribution in [3.8, 4) is 0 Å². The van der Waals surface area contributed by atoms with Crippen molar-refractivity contribution in [2.75, 3.05) is 13.1 Å². The van der Waals surface area contributed by atoms with Crippen LogP contribution < -0.4 is 0 Å². The highest BCUT2D eigenvalue weighted by Crippen LogP contribution is 2.23. The minimum absolute atomic E-state index is 0.0662. The monoisotopic (exact) mass is 311 g/mol. The first-order valence-corrected chi connectivity index (χ1v) is 6.75. The van der Waals surface area contributed by atoms with Crippen LogP contribution in [0.2, 0.25) is 0 Å². The number of benzene rings is 1. The van der Waals surface area contributed by atoms with Crippen LogP contribution in [0.25, 0.3) is 0 Å². The molecule has 17 heavy (non-hydrogen) atoms. The molecule has 2 nitrogen and oxygen atoms in total. The van der Waals surface area contributed by atoms with Crippen molar-refractivity contribution in [3.05, 3.63) is 39.9 Å². The fourth-order valence-electron chi connectivity index (χ4n) is 1.80. The van der Waals surface area contributed by atoms with Crippen LogP contribution in [0.5, 0.6) is 0 Å². The molecule has 0 radical (unpaired) electrons. The average Bonchev–Trinajstić information content (AvgIpc) is 2.32. The van der Waals surface area contributed by atoms with Gasteiger partial charge in [-0.25, -0.2) is 0 Å². The first-order valence-electron chi connectivity index (χ1n) is 5.51. The fraction of sp³-hybridized carbons (Fsp3) is 0.308. The molecule has 0 unspecified atom stereocenters. The van der Waals surface area contributed by atoms with Crippen molar-refractivity contribution >= 4 is 34.5 Å². The summed E-state index contributed by atoms with van der Waals surface area (Å²) < 4.78 is 0.826. The van der Waals surface area contributed by atoms with Crippen molar-refractivity contribution in [2.24, 2.45) is 0 Å². The molecule has 4 heteroatoms. The van der Waals surface area contributed by atoms with Crippen molar-refractivity contribution in [3.63, 3.8) is 0 Å². The van der Waals surface area contributed by atoms with E-state index in [1.807, 2.05) is 17.0 Å². The largest absolute Gasteiger partial charge is 0.335 e. The minimum atomic E-state index is 0.0662. The third kappa shape index (κ3) is 2.93. The van der Waals surface area contributed by atoms with E-state index < -0.39 is 0 Å². The Morgan fingerprint density at radius 3 is 2.88 bits per heavy atom. The number of hydrogen-bond acceptors (Lipinski definition) is 2. The molecule has 0 bridgehead atoms. The first-order chi connectivity index (χ1) is 8.08. The van der Waals surface area contributed by atoms with Crippen LogP contribution in [-0.2, 0) is 0 Å². The van der Waals surface area contributed by atoms with Crippen molar-refractivity contribution in [1.29, 1.82) is 0 Å². The smallest absolute Gasteiger partial charge is 0.255 e. The molecule has 1 aromatic rings. The Hall–Kier alpha value is -0.740. The van der Waals surface area contributed by atoms with Crippen LogP contribution in [0.15, 0.2) is 39.2 Å². The number of carbonyl (C=O) groups excluding carboxylic acids is 1. The summed E-state index contributed by atoms with van der Waals surface area (Å²) in [6.07, 6.45) is 3.07. The number of halogens is 1. The summed E-state index contributed by atoms with van der Waals surface area (Å²) in [6, 6.07) is 5.53. The van der Waals surface area contributed by atoms with E-state index in [-0.39, 0.29) is 5.91 Å². The van der Waals surface area contributed by atoms with Gasteiger partial charge in [0.25, 0.3) is 5.91 Å². The van der Waals surface area contributed by atoms with Gasteiger partial charge in [-0.2, -0.15) is 0 Å². The van der Waals surface area contributed by atoms with Crippen LogP contribution in [0.4, 0.5) is 0 Å². The zero-order valence-electron chi connectivity index (χ0n) is 9.61. The van der Waals surface area contributed by atoms with E-state index in [1.54, 1.807) is 6.07 Å². The highest BCUT2D eigenvalue weighted by Gasteiger charge is 2.19. The van der Waals surface area contributed by atoms with Gasteiger partial charge in [0, 0.05) is 22.5 Å². The normalized spacial score (nSPS) is 15.7. The van der Waals surface area contributed by atoms with Crippen LogP contribution in [0.3, 0.4) is 0 Å². The Labute approximate surface area is 115 Å². The number of nitrogens with zero attached hydrogens (tertiary/aromatic N) is 1. The zero-order valence-corrected chi connectivity index (χ0v) is 12.1. The SMILES string of the molecule is CC1=CCN(C(=O)c2cc(S)ccc2Br)CC1. The lowest BCUT2D eigenvalue weighted by molar-refractivity contribution is 0.0768. The lowest BCUT2D eigenvalue weighted by atomic mass is 10.1. The van der Waals surface area contributed by atoms with Crippen LogP contribution in [-0.4, -0.2) is 23.9 Å². The number of hydrogen-bond donors (Lipinski definition) is 1. The summed E-state index contributed by atoms with van der Waals surface area (Å²) in [5.41, 5.74) is 2.04. The summed E-state index contributed by atoms with van der Waals surface area (Å²) >= 11 is 7.68. The van der Waals surface area contributed by atoms with E-state index in [9.17, 15) is 4.79 Å². The van der Waals surface area contributed by atoms with E-state index in [0.717, 1.165) is 22.3 Å². The quantitative estimate of drug-likeness (QED) is 0.621. The van der Waals surface area contributed by atoms with Gasteiger partial charge in [0.2, 0.25) is 0 Å². The second-order valence-electron chi connectivity index (χ2n) is 4.22. The fourth-order valence-corrected chi connectivity index (χ4v) is 2.42. The molecule has 0 aliphatic carbocycles. The Kier molecular flexibility index (Phi) is 3.94. The number of thiol groups is 1. The zero-order chi connectivity index (χ0) is 12.4. The lowest BCUT2D eigenvalue weighted by Crippen LogP contribution is -2.34. The molecule has 1 aliphatic rings. The molecule has 0 fully saturated rings. The maximum absolute atomic E-state index is 12.3. The van der Waals surface area contributed by atoms with Gasteiger partial charge in [-0.1, -0.05) is 11.6 Å². The number of carbonyl (C=O) groups is 1. The van der Waals surface area contributed by atoms with Gasteiger partial charge < -0.3 is 4.90 Å². The number of rotatable bonds is 1. The highest BCUT2D eigenvalue weighted by atomic mass is 79.9. The van der Waals surface area contributed by atoms with E-state index in [2.05, 4.69) is 41.6 Å². The van der Waals surface area contributed by atoms with Crippen LogP contribution in [0, 0.1) is 0 Å². The molecule has 1 aliphatic heterocycles. The van der Waals surface area contributed by atoms with Crippen molar-refractivity contribution in [1.82, 2.24) is 4.90 Å². The Bertz CT molecular complexity index is 484.